The number of piperidine rings is 1. The second-order valence-electron chi connectivity index (χ2n) is 8.66. The number of nitrogens with one attached hydrogen (secondary N) is 1. The van der Waals surface area contributed by atoms with E-state index in [0.29, 0.717) is 12.1 Å². The van der Waals surface area contributed by atoms with Crippen LogP contribution in [0.3, 0.4) is 0 Å². The maximum absolute atomic E-state index is 15.0. The van der Waals surface area contributed by atoms with Gasteiger partial charge in [0.15, 0.2) is 5.82 Å². The van der Waals surface area contributed by atoms with Crippen molar-refractivity contribution < 1.29 is 18.7 Å². The Bertz CT molecular complexity index is 1110. The van der Waals surface area contributed by atoms with Crippen molar-refractivity contribution in [2.24, 2.45) is 0 Å². The molecule has 2 bridgehead atoms. The standard InChI is InChI=1S/C21H24F2N4O3/c1-25-9-6-11-4-5-12(7-9)26(11)20-16(21(29)30)19(28)15-17(24)13(22)8-14(23)18(15)27(20)10-2-3-10/h8-12,25H,2-7,24H2,1H3,(H,29,30). The predicted octanol–water partition coefficient (Wildman–Crippen LogP) is 2.61. The van der Waals surface area contributed by atoms with Crippen molar-refractivity contribution in [1.29, 1.82) is 0 Å². The minimum absolute atomic E-state index is 0.0574. The smallest absolute Gasteiger partial charge is 0.343 e. The summed E-state index contributed by atoms with van der Waals surface area (Å²) in [5.41, 5.74) is 3.86. The summed E-state index contributed by atoms with van der Waals surface area (Å²) in [5.74, 6) is -3.09. The lowest BCUT2D eigenvalue weighted by Crippen LogP contribution is -2.50. The number of pyridine rings is 1. The maximum atomic E-state index is 15.0. The van der Waals surface area contributed by atoms with Crippen LogP contribution in [0, 0.1) is 11.6 Å². The summed E-state index contributed by atoms with van der Waals surface area (Å²) >= 11 is 0. The first-order valence-electron chi connectivity index (χ1n) is 10.4. The number of carboxylic acids is 1. The molecule has 9 heteroatoms. The first-order valence-corrected chi connectivity index (χ1v) is 10.4. The molecule has 4 N–H and O–H groups in total. The number of nitrogen functional groups attached to an aromatic ring is 1. The Morgan fingerprint density at radius 3 is 2.27 bits per heavy atom. The largest absolute Gasteiger partial charge is 0.477 e. The van der Waals surface area contributed by atoms with Gasteiger partial charge in [0.2, 0.25) is 5.43 Å². The summed E-state index contributed by atoms with van der Waals surface area (Å²) < 4.78 is 30.8. The van der Waals surface area contributed by atoms with Crippen molar-refractivity contribution in [2.45, 2.75) is 62.7 Å². The molecule has 3 heterocycles. The molecule has 7 nitrogen and oxygen atoms in total. The van der Waals surface area contributed by atoms with Crippen LogP contribution in [0.4, 0.5) is 20.3 Å². The molecule has 2 aliphatic heterocycles. The van der Waals surface area contributed by atoms with Gasteiger partial charge in [-0.15, -0.1) is 0 Å². The van der Waals surface area contributed by atoms with Crippen LogP contribution in [0.1, 0.15) is 54.9 Å². The van der Waals surface area contributed by atoms with Gasteiger partial charge in [0, 0.05) is 30.2 Å². The van der Waals surface area contributed by atoms with Crippen molar-refractivity contribution in [3.63, 3.8) is 0 Å². The molecule has 1 aromatic heterocycles. The van der Waals surface area contributed by atoms with E-state index in [9.17, 15) is 19.1 Å². The van der Waals surface area contributed by atoms with Crippen LogP contribution < -0.4 is 21.4 Å². The molecule has 160 valence electrons. The molecule has 5 rings (SSSR count). The number of rotatable bonds is 4. The van der Waals surface area contributed by atoms with E-state index in [2.05, 4.69) is 5.32 Å². The quantitative estimate of drug-likeness (QED) is 0.660. The molecule has 3 fully saturated rings. The van der Waals surface area contributed by atoms with Gasteiger partial charge in [-0.1, -0.05) is 0 Å². The molecular formula is C21H24F2N4O3. The number of aromatic nitrogens is 1. The fourth-order valence-corrected chi connectivity index (χ4v) is 5.44. The van der Waals surface area contributed by atoms with E-state index in [0.717, 1.165) is 38.5 Å². The van der Waals surface area contributed by atoms with E-state index in [4.69, 9.17) is 5.73 Å². The summed E-state index contributed by atoms with van der Waals surface area (Å²) in [6.07, 6.45) is 4.87. The normalized spacial score (nSPS) is 25.8. The highest BCUT2D eigenvalue weighted by Gasteiger charge is 2.45. The summed E-state index contributed by atoms with van der Waals surface area (Å²) in [4.78, 5) is 27.6. The number of nitrogens with zero attached hydrogens (tertiary/aromatic N) is 2. The van der Waals surface area contributed by atoms with Gasteiger partial charge in [-0.05, 0) is 45.6 Å². The number of anilines is 2. The molecule has 2 aromatic rings. The van der Waals surface area contributed by atoms with Crippen molar-refractivity contribution in [2.75, 3.05) is 17.7 Å². The van der Waals surface area contributed by atoms with Crippen LogP contribution in [0.25, 0.3) is 10.9 Å². The van der Waals surface area contributed by atoms with Crippen LogP contribution >= 0.6 is 0 Å². The van der Waals surface area contributed by atoms with Gasteiger partial charge in [-0.25, -0.2) is 13.6 Å². The molecule has 2 unspecified atom stereocenters. The van der Waals surface area contributed by atoms with E-state index in [1.165, 1.54) is 0 Å². The molecule has 0 amide bonds. The molecule has 0 radical (unpaired) electrons. The molecule has 30 heavy (non-hydrogen) atoms. The Morgan fingerprint density at radius 2 is 1.73 bits per heavy atom. The number of hydrogen-bond donors (Lipinski definition) is 3. The van der Waals surface area contributed by atoms with Gasteiger partial charge in [0.1, 0.15) is 17.2 Å². The Kier molecular flexibility index (Phi) is 4.29. The number of benzene rings is 1. The van der Waals surface area contributed by atoms with Gasteiger partial charge in [-0.2, -0.15) is 0 Å². The van der Waals surface area contributed by atoms with Crippen LogP contribution in [0.2, 0.25) is 0 Å². The fraction of sp³-hybridized carbons (Fsp3) is 0.524. The van der Waals surface area contributed by atoms with Crippen LogP contribution in [-0.4, -0.2) is 40.8 Å². The van der Waals surface area contributed by atoms with Crippen molar-refractivity contribution >= 4 is 28.4 Å². The topological polar surface area (TPSA) is 101 Å². The minimum atomic E-state index is -1.40. The van der Waals surface area contributed by atoms with Crippen molar-refractivity contribution in [3.8, 4) is 0 Å². The van der Waals surface area contributed by atoms with Crippen molar-refractivity contribution in [1.82, 2.24) is 9.88 Å². The molecular weight excluding hydrogens is 394 g/mol. The van der Waals surface area contributed by atoms with Gasteiger partial charge in [-0.3, -0.25) is 4.79 Å². The number of carbonyl (C=O) groups is 1. The summed E-state index contributed by atoms with van der Waals surface area (Å²) in [7, 11) is 1.91. The average molecular weight is 418 g/mol. The Balaban J connectivity index is 1.87. The SMILES string of the molecule is CNC1CC2CCC(C1)N2c1c(C(=O)O)c(=O)c2c(N)c(F)cc(F)c2n1C1CC1. The highest BCUT2D eigenvalue weighted by Crippen LogP contribution is 2.47. The second kappa shape index (κ2) is 6.66. The molecule has 2 atom stereocenters. The van der Waals surface area contributed by atoms with E-state index in [1.807, 2.05) is 11.9 Å². The molecule has 2 saturated heterocycles. The minimum Gasteiger partial charge on any atom is -0.477 e. The number of nitrogens with two attached hydrogens (primary N) is 1. The first-order chi connectivity index (χ1) is 14.3. The fourth-order valence-electron chi connectivity index (χ4n) is 5.44. The third-order valence-corrected chi connectivity index (χ3v) is 6.90. The number of fused-ring (bicyclic) bond motifs is 3. The van der Waals surface area contributed by atoms with Crippen LogP contribution in [-0.2, 0) is 0 Å². The lowest BCUT2D eigenvalue weighted by molar-refractivity contribution is 0.0695. The zero-order chi connectivity index (χ0) is 21.3. The predicted molar refractivity (Wildman–Crippen MR) is 109 cm³/mol. The molecule has 1 aliphatic carbocycles. The van der Waals surface area contributed by atoms with Gasteiger partial charge < -0.3 is 25.6 Å². The van der Waals surface area contributed by atoms with E-state index < -0.39 is 34.3 Å². The van der Waals surface area contributed by atoms with Crippen LogP contribution in [0.5, 0.6) is 0 Å². The Morgan fingerprint density at radius 1 is 1.13 bits per heavy atom. The Hall–Kier alpha value is -2.68. The summed E-state index contributed by atoms with van der Waals surface area (Å²) in [6.45, 7) is 0. The monoisotopic (exact) mass is 418 g/mol. The van der Waals surface area contributed by atoms with Gasteiger partial charge in [0.05, 0.1) is 16.6 Å². The number of carboxylic acid groups (broad SMARTS) is 1. The average Bonchev–Trinajstić information content (AvgIpc) is 3.50. The third kappa shape index (κ3) is 2.64. The van der Waals surface area contributed by atoms with Crippen molar-refractivity contribution in [3.05, 3.63) is 33.5 Å². The number of hydrogen-bond acceptors (Lipinski definition) is 5. The van der Waals surface area contributed by atoms with E-state index in [1.54, 1.807) is 4.57 Å². The first kappa shape index (κ1) is 19.3. The second-order valence-corrected chi connectivity index (χ2v) is 8.66. The number of aromatic carboxylic acids is 1. The number of halogens is 2. The third-order valence-electron chi connectivity index (χ3n) is 6.90. The highest BCUT2D eigenvalue weighted by atomic mass is 19.1. The molecule has 1 saturated carbocycles. The zero-order valence-corrected chi connectivity index (χ0v) is 16.6. The summed E-state index contributed by atoms with van der Waals surface area (Å²) in [5, 5.41) is 12.9. The lowest BCUT2D eigenvalue weighted by Gasteiger charge is -2.42. The van der Waals surface area contributed by atoms with Crippen LogP contribution in [0.15, 0.2) is 10.9 Å². The van der Waals surface area contributed by atoms with E-state index >= 15 is 4.39 Å². The molecule has 3 aliphatic rings. The zero-order valence-electron chi connectivity index (χ0n) is 16.6. The summed E-state index contributed by atoms with van der Waals surface area (Å²) in [6, 6.07) is 0.975. The van der Waals surface area contributed by atoms with Gasteiger partial charge >= 0.3 is 5.97 Å². The van der Waals surface area contributed by atoms with Gasteiger partial charge in [0.25, 0.3) is 0 Å². The highest BCUT2D eigenvalue weighted by molar-refractivity contribution is 6.02. The maximum Gasteiger partial charge on any atom is 0.343 e. The molecule has 1 aromatic carbocycles. The van der Waals surface area contributed by atoms with E-state index in [-0.39, 0.29) is 34.8 Å². The molecule has 0 spiro atoms. The Labute approximate surface area is 171 Å². The lowest BCUT2D eigenvalue weighted by atomic mass is 9.96.